The van der Waals surface area contributed by atoms with Crippen molar-refractivity contribution in [3.8, 4) is 0 Å². The molecule has 1 aromatic carbocycles. The number of carbonyl (C=O) groups is 2. The molecule has 1 aliphatic heterocycles. The Labute approximate surface area is 127 Å². The molecular weight excluding hydrogens is 314 g/mol. The van der Waals surface area contributed by atoms with Crippen molar-refractivity contribution >= 4 is 33.5 Å². The van der Waals surface area contributed by atoms with Gasteiger partial charge in [-0.05, 0) is 24.3 Å². The number of nitrogens with zero attached hydrogens (tertiary/aromatic N) is 1. The highest BCUT2D eigenvalue weighted by Gasteiger charge is 2.34. The van der Waals surface area contributed by atoms with Gasteiger partial charge >= 0.3 is 5.97 Å². The molecule has 1 aliphatic rings. The molecule has 1 N–H and O–H groups in total. The Bertz CT molecular complexity index is 654. The first-order valence-electron chi connectivity index (χ1n) is 6.21. The summed E-state index contributed by atoms with van der Waals surface area (Å²) in [6.45, 7) is 0.363. The van der Waals surface area contributed by atoms with Gasteiger partial charge in [0.2, 0.25) is 0 Å². The van der Waals surface area contributed by atoms with Gasteiger partial charge in [-0.3, -0.25) is 4.79 Å². The van der Waals surface area contributed by atoms with Gasteiger partial charge in [-0.15, -0.1) is 0 Å². The molecule has 0 bridgehead atoms. The molecule has 2 rings (SSSR count). The Kier molecular flexibility index (Phi) is 4.58. The molecule has 1 aromatic rings. The minimum Gasteiger partial charge on any atom is -0.478 e. The standard InChI is InChI=1S/C13H15NO5S2/c1-21(18,19)11-8-20-7-6-14(11)12(15)9-2-4-10(5-3-9)13(16)17/h2-5,11H,6-8H2,1H3,(H,16,17). The molecule has 1 atom stereocenters. The predicted molar refractivity (Wildman–Crippen MR) is 80.4 cm³/mol. The van der Waals surface area contributed by atoms with Gasteiger partial charge in [-0.1, -0.05) is 0 Å². The minimum absolute atomic E-state index is 0.0837. The molecule has 1 fully saturated rings. The number of carboxylic acids is 1. The number of sulfone groups is 1. The Morgan fingerprint density at radius 2 is 1.81 bits per heavy atom. The Morgan fingerprint density at radius 3 is 2.33 bits per heavy atom. The largest absolute Gasteiger partial charge is 0.478 e. The lowest BCUT2D eigenvalue weighted by atomic mass is 10.1. The first kappa shape index (κ1) is 15.8. The molecule has 8 heteroatoms. The first-order chi connectivity index (χ1) is 9.80. The molecular formula is C13H15NO5S2. The maximum Gasteiger partial charge on any atom is 0.335 e. The van der Waals surface area contributed by atoms with E-state index in [1.807, 2.05) is 0 Å². The average molecular weight is 329 g/mol. The van der Waals surface area contributed by atoms with Gasteiger partial charge in [-0.25, -0.2) is 13.2 Å². The van der Waals surface area contributed by atoms with Crippen LogP contribution in [0.3, 0.4) is 0 Å². The molecule has 6 nitrogen and oxygen atoms in total. The van der Waals surface area contributed by atoms with E-state index in [0.29, 0.717) is 23.6 Å². The maximum absolute atomic E-state index is 12.4. The number of hydrogen-bond acceptors (Lipinski definition) is 5. The number of thioether (sulfide) groups is 1. The van der Waals surface area contributed by atoms with E-state index in [2.05, 4.69) is 0 Å². The highest BCUT2D eigenvalue weighted by Crippen LogP contribution is 2.22. The number of hydrogen-bond donors (Lipinski definition) is 1. The summed E-state index contributed by atoms with van der Waals surface area (Å²) >= 11 is 1.50. The smallest absolute Gasteiger partial charge is 0.335 e. The summed E-state index contributed by atoms with van der Waals surface area (Å²) in [5.74, 6) is -0.414. The molecule has 1 heterocycles. The number of carbonyl (C=O) groups excluding carboxylic acids is 1. The monoisotopic (exact) mass is 329 g/mol. The fourth-order valence-electron chi connectivity index (χ4n) is 2.09. The second kappa shape index (κ2) is 6.07. The van der Waals surface area contributed by atoms with Crippen LogP contribution < -0.4 is 0 Å². The van der Waals surface area contributed by atoms with Gasteiger partial charge < -0.3 is 10.0 Å². The lowest BCUT2D eigenvalue weighted by Gasteiger charge is -2.34. The van der Waals surface area contributed by atoms with Crippen LogP contribution in [-0.4, -0.2) is 60.0 Å². The average Bonchev–Trinajstić information content (AvgIpc) is 2.45. The van der Waals surface area contributed by atoms with E-state index in [-0.39, 0.29) is 11.5 Å². The summed E-state index contributed by atoms with van der Waals surface area (Å²) in [5.41, 5.74) is 0.376. The summed E-state index contributed by atoms with van der Waals surface area (Å²) in [4.78, 5) is 24.6. The fraction of sp³-hybridized carbons (Fsp3) is 0.385. The van der Waals surface area contributed by atoms with Crippen LogP contribution >= 0.6 is 11.8 Å². The summed E-state index contributed by atoms with van der Waals surface area (Å²) in [5, 5.41) is 8.00. The summed E-state index contributed by atoms with van der Waals surface area (Å²) in [7, 11) is -3.36. The lowest BCUT2D eigenvalue weighted by Crippen LogP contribution is -2.49. The minimum atomic E-state index is -3.36. The summed E-state index contributed by atoms with van der Waals surface area (Å²) in [6.07, 6.45) is 1.12. The van der Waals surface area contributed by atoms with E-state index in [4.69, 9.17) is 5.11 Å². The normalized spacial score (nSPS) is 19.3. The summed E-state index contributed by atoms with van der Waals surface area (Å²) in [6, 6.07) is 5.49. The van der Waals surface area contributed by atoms with Crippen LogP contribution in [0.2, 0.25) is 0 Å². The molecule has 0 aliphatic carbocycles. The molecule has 0 saturated carbocycles. The number of carboxylic acid groups (broad SMARTS) is 1. The maximum atomic E-state index is 12.4. The molecule has 0 spiro atoms. The third kappa shape index (κ3) is 3.56. The van der Waals surface area contributed by atoms with Gasteiger partial charge in [0.1, 0.15) is 5.37 Å². The zero-order valence-electron chi connectivity index (χ0n) is 11.4. The SMILES string of the molecule is CS(=O)(=O)C1CSCCN1C(=O)c1ccc(C(=O)O)cc1. The van der Waals surface area contributed by atoms with Gasteiger partial charge in [0, 0.05) is 29.9 Å². The molecule has 0 radical (unpaired) electrons. The van der Waals surface area contributed by atoms with Crippen molar-refractivity contribution in [2.24, 2.45) is 0 Å². The number of rotatable bonds is 3. The van der Waals surface area contributed by atoms with Crippen molar-refractivity contribution in [2.75, 3.05) is 24.3 Å². The molecule has 0 aromatic heterocycles. The Morgan fingerprint density at radius 1 is 1.24 bits per heavy atom. The van der Waals surface area contributed by atoms with E-state index in [1.165, 1.54) is 40.9 Å². The molecule has 114 valence electrons. The van der Waals surface area contributed by atoms with Crippen LogP contribution in [-0.2, 0) is 9.84 Å². The number of amides is 1. The van der Waals surface area contributed by atoms with Gasteiger partial charge in [0.15, 0.2) is 9.84 Å². The van der Waals surface area contributed by atoms with E-state index >= 15 is 0 Å². The van der Waals surface area contributed by atoms with Crippen LogP contribution in [0.4, 0.5) is 0 Å². The first-order valence-corrected chi connectivity index (χ1v) is 9.32. The van der Waals surface area contributed by atoms with Crippen LogP contribution in [0.15, 0.2) is 24.3 Å². The molecule has 21 heavy (non-hydrogen) atoms. The second-order valence-electron chi connectivity index (χ2n) is 4.74. The van der Waals surface area contributed by atoms with Gasteiger partial charge in [0.25, 0.3) is 5.91 Å². The predicted octanol–water partition coefficient (Wildman–Crippen LogP) is 0.944. The van der Waals surface area contributed by atoms with Crippen molar-refractivity contribution < 1.29 is 23.1 Å². The van der Waals surface area contributed by atoms with Crippen LogP contribution in [0.25, 0.3) is 0 Å². The zero-order valence-corrected chi connectivity index (χ0v) is 13.0. The quantitative estimate of drug-likeness (QED) is 0.887. The van der Waals surface area contributed by atoms with E-state index in [0.717, 1.165) is 6.26 Å². The van der Waals surface area contributed by atoms with Crippen LogP contribution in [0, 0.1) is 0 Å². The van der Waals surface area contributed by atoms with Crippen LogP contribution in [0.1, 0.15) is 20.7 Å². The van der Waals surface area contributed by atoms with Crippen molar-refractivity contribution in [3.05, 3.63) is 35.4 Å². The second-order valence-corrected chi connectivity index (χ2v) is 8.09. The third-order valence-electron chi connectivity index (χ3n) is 3.22. The highest BCUT2D eigenvalue weighted by atomic mass is 32.2. The number of aromatic carboxylic acids is 1. The Hall–Kier alpha value is -1.54. The topological polar surface area (TPSA) is 91.8 Å². The van der Waals surface area contributed by atoms with E-state index in [9.17, 15) is 18.0 Å². The fourth-order valence-corrected chi connectivity index (χ4v) is 4.90. The lowest BCUT2D eigenvalue weighted by molar-refractivity contribution is 0.0693. The van der Waals surface area contributed by atoms with E-state index in [1.54, 1.807) is 0 Å². The van der Waals surface area contributed by atoms with Crippen molar-refractivity contribution in [1.82, 2.24) is 4.90 Å². The molecule has 1 saturated heterocycles. The third-order valence-corrected chi connectivity index (χ3v) is 5.86. The highest BCUT2D eigenvalue weighted by molar-refractivity contribution is 8.00. The Balaban J connectivity index is 2.26. The van der Waals surface area contributed by atoms with Crippen LogP contribution in [0.5, 0.6) is 0 Å². The zero-order chi connectivity index (χ0) is 15.6. The molecule has 1 unspecified atom stereocenters. The number of benzene rings is 1. The van der Waals surface area contributed by atoms with Crippen molar-refractivity contribution in [1.29, 1.82) is 0 Å². The van der Waals surface area contributed by atoms with Crippen molar-refractivity contribution in [3.63, 3.8) is 0 Å². The van der Waals surface area contributed by atoms with Gasteiger partial charge in [0.05, 0.1) is 5.56 Å². The van der Waals surface area contributed by atoms with Gasteiger partial charge in [-0.2, -0.15) is 11.8 Å². The van der Waals surface area contributed by atoms with E-state index < -0.39 is 21.2 Å². The summed E-state index contributed by atoms with van der Waals surface area (Å²) < 4.78 is 23.6. The molecule has 1 amide bonds. The van der Waals surface area contributed by atoms with Crippen molar-refractivity contribution in [2.45, 2.75) is 5.37 Å².